The molecule has 0 radical (unpaired) electrons. The van der Waals surface area contributed by atoms with Crippen LogP contribution in [0.25, 0.3) is 0 Å². The number of aliphatic hydroxyl groups excluding tert-OH is 1. The molecule has 0 aromatic rings. The number of hydrogen-bond donors (Lipinski definition) is 2. The van der Waals surface area contributed by atoms with Gasteiger partial charge in [-0.1, -0.05) is 12.7 Å². The van der Waals surface area contributed by atoms with Crippen molar-refractivity contribution >= 4 is 12.1 Å². The number of carboxylic acid groups (broad SMARTS) is 1. The number of halogens is 1. The second kappa shape index (κ2) is 4.93. The number of nitrogens with zero attached hydrogens (tertiary/aromatic N) is 1. The first-order chi connectivity index (χ1) is 7.49. The summed E-state index contributed by atoms with van der Waals surface area (Å²) in [6.07, 6.45) is -3.19. The summed E-state index contributed by atoms with van der Waals surface area (Å²) in [5.74, 6) is -1.51. The molecule has 90 valence electrons. The Labute approximate surface area is 90.9 Å². The second-order valence-electron chi connectivity index (χ2n) is 3.31. The van der Waals surface area contributed by atoms with Crippen LogP contribution in [0.3, 0.4) is 0 Å². The lowest BCUT2D eigenvalue weighted by atomic mass is 10.2. The van der Waals surface area contributed by atoms with Crippen LogP contribution in [0.1, 0.15) is 0 Å². The minimum Gasteiger partial charge on any atom is -0.480 e. The number of ether oxygens (including phenoxy) is 1. The van der Waals surface area contributed by atoms with Crippen LogP contribution in [0.15, 0.2) is 12.7 Å². The van der Waals surface area contributed by atoms with Crippen LogP contribution in [-0.4, -0.2) is 58.6 Å². The van der Waals surface area contributed by atoms with Gasteiger partial charge < -0.3 is 14.9 Å². The average molecular weight is 233 g/mol. The van der Waals surface area contributed by atoms with Gasteiger partial charge in [0, 0.05) is 0 Å². The number of β-amino-alcohol motifs (C(OH)–C–C–N with tert-alkyl or cyclic N) is 1. The van der Waals surface area contributed by atoms with Crippen LogP contribution in [0.2, 0.25) is 0 Å². The van der Waals surface area contributed by atoms with Crippen molar-refractivity contribution in [2.75, 3.05) is 13.2 Å². The van der Waals surface area contributed by atoms with Gasteiger partial charge in [0.1, 0.15) is 12.7 Å². The molecule has 1 amide bonds. The summed E-state index contributed by atoms with van der Waals surface area (Å²) in [5, 5.41) is 17.9. The summed E-state index contributed by atoms with van der Waals surface area (Å²) < 4.78 is 17.8. The molecule has 1 saturated heterocycles. The van der Waals surface area contributed by atoms with Crippen molar-refractivity contribution in [1.82, 2.24) is 4.90 Å². The highest BCUT2D eigenvalue weighted by Crippen LogP contribution is 2.22. The van der Waals surface area contributed by atoms with E-state index >= 15 is 0 Å². The van der Waals surface area contributed by atoms with Gasteiger partial charge in [-0.3, -0.25) is 4.90 Å². The molecule has 0 spiro atoms. The number of hydrogen-bond acceptors (Lipinski definition) is 4. The number of alkyl halides is 1. The molecule has 0 aromatic heterocycles. The van der Waals surface area contributed by atoms with Gasteiger partial charge in [0.05, 0.1) is 6.54 Å². The third-order valence-corrected chi connectivity index (χ3v) is 2.20. The number of carbonyl (C=O) groups is 2. The SMILES string of the molecule is C=CCOC(=O)N1C[C@H](O)[C@@H](F)[C@H]1C(=O)O. The quantitative estimate of drug-likeness (QED) is 0.658. The van der Waals surface area contributed by atoms with Crippen LogP contribution in [0, 0.1) is 0 Å². The number of likely N-dealkylation sites (tertiary alicyclic amines) is 1. The average Bonchev–Trinajstić information content (AvgIpc) is 2.52. The van der Waals surface area contributed by atoms with E-state index in [-0.39, 0.29) is 6.61 Å². The van der Waals surface area contributed by atoms with Crippen LogP contribution >= 0.6 is 0 Å². The van der Waals surface area contributed by atoms with Crippen molar-refractivity contribution < 1.29 is 28.9 Å². The first-order valence-corrected chi connectivity index (χ1v) is 4.58. The van der Waals surface area contributed by atoms with Crippen LogP contribution in [0.4, 0.5) is 9.18 Å². The van der Waals surface area contributed by atoms with Crippen molar-refractivity contribution in [1.29, 1.82) is 0 Å². The highest BCUT2D eigenvalue weighted by Gasteiger charge is 2.48. The molecule has 1 aliphatic rings. The van der Waals surface area contributed by atoms with Crippen LogP contribution in [-0.2, 0) is 9.53 Å². The van der Waals surface area contributed by atoms with E-state index in [9.17, 15) is 14.0 Å². The lowest BCUT2D eigenvalue weighted by Crippen LogP contribution is -2.44. The fourth-order valence-corrected chi connectivity index (χ4v) is 1.47. The highest BCUT2D eigenvalue weighted by atomic mass is 19.1. The van der Waals surface area contributed by atoms with Gasteiger partial charge in [-0.05, 0) is 0 Å². The Balaban J connectivity index is 2.74. The third kappa shape index (κ3) is 2.30. The van der Waals surface area contributed by atoms with Gasteiger partial charge in [0.25, 0.3) is 0 Å². The van der Waals surface area contributed by atoms with Gasteiger partial charge in [0.15, 0.2) is 12.2 Å². The van der Waals surface area contributed by atoms with Crippen molar-refractivity contribution in [3.63, 3.8) is 0 Å². The third-order valence-electron chi connectivity index (χ3n) is 2.20. The lowest BCUT2D eigenvalue weighted by Gasteiger charge is -2.20. The summed E-state index contributed by atoms with van der Waals surface area (Å²) in [4.78, 5) is 22.7. The molecular weight excluding hydrogens is 221 g/mol. The highest BCUT2D eigenvalue weighted by molar-refractivity contribution is 5.81. The molecule has 0 saturated carbocycles. The predicted molar refractivity (Wildman–Crippen MR) is 50.6 cm³/mol. The monoisotopic (exact) mass is 233 g/mol. The van der Waals surface area contributed by atoms with Crippen molar-refractivity contribution in [2.45, 2.75) is 18.3 Å². The van der Waals surface area contributed by atoms with Crippen LogP contribution < -0.4 is 0 Å². The number of amides is 1. The van der Waals surface area contributed by atoms with Crippen molar-refractivity contribution in [2.24, 2.45) is 0 Å². The summed E-state index contributed by atoms with van der Waals surface area (Å²) in [7, 11) is 0. The van der Waals surface area contributed by atoms with E-state index in [0.717, 1.165) is 0 Å². The molecule has 3 atom stereocenters. The van der Waals surface area contributed by atoms with Crippen molar-refractivity contribution in [3.8, 4) is 0 Å². The molecule has 2 N–H and O–H groups in total. The van der Waals surface area contributed by atoms with Gasteiger partial charge in [0.2, 0.25) is 0 Å². The molecule has 0 aromatic carbocycles. The van der Waals surface area contributed by atoms with Gasteiger partial charge in [-0.2, -0.15) is 0 Å². The van der Waals surface area contributed by atoms with E-state index in [1.54, 1.807) is 0 Å². The fraction of sp³-hybridized carbons (Fsp3) is 0.556. The number of carbonyl (C=O) groups excluding carboxylic acids is 1. The number of aliphatic hydroxyl groups is 1. The maximum atomic E-state index is 13.3. The first-order valence-electron chi connectivity index (χ1n) is 4.58. The maximum Gasteiger partial charge on any atom is 0.411 e. The topological polar surface area (TPSA) is 87.1 Å². The normalized spacial score (nSPS) is 28.9. The van der Waals surface area contributed by atoms with Gasteiger partial charge >= 0.3 is 12.1 Å². The molecular formula is C9H12FNO5. The van der Waals surface area contributed by atoms with Crippen molar-refractivity contribution in [3.05, 3.63) is 12.7 Å². The number of aliphatic carboxylic acids is 1. The smallest absolute Gasteiger partial charge is 0.411 e. The zero-order valence-electron chi connectivity index (χ0n) is 8.38. The van der Waals surface area contributed by atoms with E-state index in [4.69, 9.17) is 10.2 Å². The Kier molecular flexibility index (Phi) is 3.83. The molecule has 0 aliphatic carbocycles. The van der Waals surface area contributed by atoms with E-state index in [2.05, 4.69) is 11.3 Å². The summed E-state index contributed by atoms with van der Waals surface area (Å²) >= 11 is 0. The zero-order valence-corrected chi connectivity index (χ0v) is 8.38. The summed E-state index contributed by atoms with van der Waals surface area (Å²) in [6, 6.07) is -1.70. The Morgan fingerprint density at radius 3 is 2.75 bits per heavy atom. The Hall–Kier alpha value is -1.63. The van der Waals surface area contributed by atoms with Crippen LogP contribution in [0.5, 0.6) is 0 Å². The molecule has 6 nitrogen and oxygen atoms in total. The van der Waals surface area contributed by atoms with E-state index in [1.165, 1.54) is 6.08 Å². The minimum absolute atomic E-state index is 0.102. The fourth-order valence-electron chi connectivity index (χ4n) is 1.47. The second-order valence-corrected chi connectivity index (χ2v) is 3.31. The largest absolute Gasteiger partial charge is 0.480 e. The molecule has 0 unspecified atom stereocenters. The number of carboxylic acids is 1. The molecule has 7 heteroatoms. The maximum absolute atomic E-state index is 13.3. The summed E-state index contributed by atoms with van der Waals surface area (Å²) in [6.45, 7) is 2.81. The molecule has 1 heterocycles. The molecule has 1 aliphatic heterocycles. The Morgan fingerprint density at radius 2 is 2.25 bits per heavy atom. The zero-order chi connectivity index (χ0) is 12.3. The van der Waals surface area contributed by atoms with Gasteiger partial charge in [-0.25, -0.2) is 14.0 Å². The first kappa shape index (κ1) is 12.4. The minimum atomic E-state index is -2.01. The van der Waals surface area contributed by atoms with E-state index < -0.39 is 36.9 Å². The Morgan fingerprint density at radius 1 is 1.62 bits per heavy atom. The lowest BCUT2D eigenvalue weighted by molar-refractivity contribution is -0.143. The number of rotatable bonds is 3. The molecule has 1 fully saturated rings. The van der Waals surface area contributed by atoms with E-state index in [0.29, 0.717) is 4.90 Å². The molecule has 0 bridgehead atoms. The predicted octanol–water partition coefficient (Wildman–Crippen LogP) is -0.223. The standard InChI is InChI=1S/C9H12FNO5/c1-2-3-16-9(15)11-4-5(12)6(10)7(11)8(13)14/h2,5-7,12H,1,3-4H2,(H,13,14)/t5-,6+,7-/m0/s1. The van der Waals surface area contributed by atoms with Gasteiger partial charge in [-0.15, -0.1) is 0 Å². The summed E-state index contributed by atoms with van der Waals surface area (Å²) in [5.41, 5.74) is 0. The molecule has 1 rings (SSSR count). The van der Waals surface area contributed by atoms with E-state index in [1.807, 2.05) is 0 Å². The molecule has 16 heavy (non-hydrogen) atoms. The Bertz CT molecular complexity index is 308.